The Kier molecular flexibility index (Phi) is 3.85. The van der Waals surface area contributed by atoms with Gasteiger partial charge in [0.2, 0.25) is 10.0 Å². The van der Waals surface area contributed by atoms with E-state index < -0.39 is 10.0 Å². The van der Waals surface area contributed by atoms with Gasteiger partial charge in [0.15, 0.2) is 0 Å². The fourth-order valence-corrected chi connectivity index (χ4v) is 3.64. The second-order valence-electron chi connectivity index (χ2n) is 5.18. The summed E-state index contributed by atoms with van der Waals surface area (Å²) in [5, 5.41) is 0. The zero-order chi connectivity index (χ0) is 14.2. The molecule has 0 amide bonds. The lowest BCUT2D eigenvalue weighted by Crippen LogP contribution is -2.30. The van der Waals surface area contributed by atoms with E-state index in [1.165, 1.54) is 0 Å². The highest BCUT2D eigenvalue weighted by Crippen LogP contribution is 2.34. The number of benzene rings is 1. The van der Waals surface area contributed by atoms with Crippen LogP contribution in [-0.2, 0) is 16.4 Å². The van der Waals surface area contributed by atoms with Crippen LogP contribution >= 0.6 is 0 Å². The Morgan fingerprint density at radius 2 is 2.16 bits per heavy atom. The molecule has 106 valence electrons. The molecule has 1 aliphatic heterocycles. The maximum Gasteiger partial charge on any atom is 0.240 e. The van der Waals surface area contributed by atoms with E-state index in [9.17, 15) is 8.42 Å². The summed E-state index contributed by atoms with van der Waals surface area (Å²) >= 11 is 0. The molecule has 6 heteroatoms. The second kappa shape index (κ2) is 5.11. The van der Waals surface area contributed by atoms with Gasteiger partial charge in [-0.1, -0.05) is 0 Å². The molecular weight excluding hydrogens is 264 g/mol. The van der Waals surface area contributed by atoms with Crippen LogP contribution in [0.25, 0.3) is 0 Å². The minimum atomic E-state index is -3.46. The number of rotatable bonds is 4. The summed E-state index contributed by atoms with van der Waals surface area (Å²) in [6.07, 6.45) is 0.613. The van der Waals surface area contributed by atoms with Crippen molar-refractivity contribution >= 4 is 10.0 Å². The van der Waals surface area contributed by atoms with Crippen molar-refractivity contribution < 1.29 is 13.2 Å². The summed E-state index contributed by atoms with van der Waals surface area (Å²) in [4.78, 5) is 0.290. The first kappa shape index (κ1) is 14.3. The highest BCUT2D eigenvalue weighted by atomic mass is 32.2. The Labute approximate surface area is 114 Å². The highest BCUT2D eigenvalue weighted by Gasteiger charge is 2.26. The van der Waals surface area contributed by atoms with Gasteiger partial charge in [0, 0.05) is 19.0 Å². The SMILES string of the molecule is Cc1cc(S(=O)(=O)NC(C)C)cc2c1OC(CN)C2. The predicted molar refractivity (Wildman–Crippen MR) is 73.8 cm³/mol. The standard InChI is InChI=1S/C13H20N2O3S/c1-8(2)15-19(16,17)12-4-9(3)13-10(6-12)5-11(7-14)18-13/h4,6,8,11,15H,5,7,14H2,1-3H3. The van der Waals surface area contributed by atoms with E-state index in [0.29, 0.717) is 17.9 Å². The van der Waals surface area contributed by atoms with Crippen molar-refractivity contribution in [3.8, 4) is 5.75 Å². The van der Waals surface area contributed by atoms with Gasteiger partial charge in [-0.05, 0) is 44.0 Å². The Bertz CT molecular complexity index is 582. The number of ether oxygens (including phenoxy) is 1. The number of nitrogens with one attached hydrogen (secondary N) is 1. The molecule has 1 aromatic rings. The molecule has 0 saturated carbocycles. The van der Waals surface area contributed by atoms with Gasteiger partial charge >= 0.3 is 0 Å². The molecule has 1 aromatic carbocycles. The molecule has 0 bridgehead atoms. The summed E-state index contributed by atoms with van der Waals surface area (Å²) in [5.74, 6) is 0.777. The van der Waals surface area contributed by atoms with E-state index in [0.717, 1.165) is 16.9 Å². The highest BCUT2D eigenvalue weighted by molar-refractivity contribution is 7.89. The molecule has 3 N–H and O–H groups in total. The van der Waals surface area contributed by atoms with Crippen LogP contribution in [0.5, 0.6) is 5.75 Å². The molecule has 5 nitrogen and oxygen atoms in total. The van der Waals surface area contributed by atoms with Gasteiger partial charge in [-0.25, -0.2) is 13.1 Å². The van der Waals surface area contributed by atoms with Crippen LogP contribution in [0.1, 0.15) is 25.0 Å². The van der Waals surface area contributed by atoms with Crippen molar-refractivity contribution in [1.29, 1.82) is 0 Å². The van der Waals surface area contributed by atoms with Crippen LogP contribution in [0.2, 0.25) is 0 Å². The van der Waals surface area contributed by atoms with E-state index in [2.05, 4.69) is 4.72 Å². The van der Waals surface area contributed by atoms with Gasteiger partial charge in [-0.15, -0.1) is 0 Å². The number of fused-ring (bicyclic) bond motifs is 1. The Morgan fingerprint density at radius 1 is 1.47 bits per heavy atom. The molecule has 1 aliphatic rings. The third-order valence-corrected chi connectivity index (χ3v) is 4.66. The third kappa shape index (κ3) is 2.91. The number of aryl methyl sites for hydroxylation is 1. The van der Waals surface area contributed by atoms with E-state index in [1.807, 2.05) is 6.92 Å². The summed E-state index contributed by atoms with van der Waals surface area (Å²) in [6, 6.07) is 3.19. The maximum absolute atomic E-state index is 12.2. The second-order valence-corrected chi connectivity index (χ2v) is 6.90. The van der Waals surface area contributed by atoms with Crippen molar-refractivity contribution in [2.24, 2.45) is 5.73 Å². The molecule has 19 heavy (non-hydrogen) atoms. The summed E-state index contributed by atoms with van der Waals surface area (Å²) in [6.45, 7) is 5.88. The molecule has 0 spiro atoms. The van der Waals surface area contributed by atoms with Crippen LogP contribution < -0.4 is 15.2 Å². The predicted octanol–water partition coefficient (Wildman–Crippen LogP) is 0.944. The zero-order valence-electron chi connectivity index (χ0n) is 11.4. The molecule has 2 rings (SSSR count). The lowest BCUT2D eigenvalue weighted by Gasteiger charge is -2.12. The first-order chi connectivity index (χ1) is 8.83. The summed E-state index contributed by atoms with van der Waals surface area (Å²) < 4.78 is 32.6. The number of sulfonamides is 1. The topological polar surface area (TPSA) is 81.4 Å². The van der Waals surface area contributed by atoms with E-state index >= 15 is 0 Å². The van der Waals surface area contributed by atoms with Crippen molar-refractivity contribution in [1.82, 2.24) is 4.72 Å². The van der Waals surface area contributed by atoms with Crippen LogP contribution in [0.3, 0.4) is 0 Å². The normalized spacial score (nSPS) is 18.5. The van der Waals surface area contributed by atoms with Gasteiger partial charge in [0.05, 0.1) is 4.90 Å². The van der Waals surface area contributed by atoms with Crippen LogP contribution in [-0.4, -0.2) is 27.1 Å². The number of nitrogens with two attached hydrogens (primary N) is 1. The van der Waals surface area contributed by atoms with Gasteiger partial charge in [0.1, 0.15) is 11.9 Å². The van der Waals surface area contributed by atoms with Crippen LogP contribution in [0.4, 0.5) is 0 Å². The van der Waals surface area contributed by atoms with E-state index in [1.54, 1.807) is 26.0 Å². The number of hydrogen-bond acceptors (Lipinski definition) is 4. The fraction of sp³-hybridized carbons (Fsp3) is 0.538. The molecule has 0 aromatic heterocycles. The van der Waals surface area contributed by atoms with Crippen molar-refractivity contribution in [3.05, 3.63) is 23.3 Å². The monoisotopic (exact) mass is 284 g/mol. The van der Waals surface area contributed by atoms with Gasteiger partial charge in [-0.3, -0.25) is 0 Å². The van der Waals surface area contributed by atoms with Gasteiger partial charge < -0.3 is 10.5 Å². The molecule has 1 heterocycles. The lowest BCUT2D eigenvalue weighted by atomic mass is 10.1. The average Bonchev–Trinajstić information content (AvgIpc) is 2.70. The van der Waals surface area contributed by atoms with Crippen molar-refractivity contribution in [3.63, 3.8) is 0 Å². The van der Waals surface area contributed by atoms with Crippen LogP contribution in [0.15, 0.2) is 17.0 Å². The summed E-state index contributed by atoms with van der Waals surface area (Å²) in [7, 11) is -3.46. The number of hydrogen-bond donors (Lipinski definition) is 2. The van der Waals surface area contributed by atoms with E-state index in [-0.39, 0.29) is 12.1 Å². The van der Waals surface area contributed by atoms with Crippen molar-refractivity contribution in [2.45, 2.75) is 44.2 Å². The largest absolute Gasteiger partial charge is 0.488 e. The Balaban J connectivity index is 2.39. The van der Waals surface area contributed by atoms with Crippen LogP contribution in [0, 0.1) is 6.92 Å². The Hall–Kier alpha value is -1.11. The molecule has 0 aliphatic carbocycles. The smallest absolute Gasteiger partial charge is 0.240 e. The zero-order valence-corrected chi connectivity index (χ0v) is 12.3. The van der Waals surface area contributed by atoms with Gasteiger partial charge in [0.25, 0.3) is 0 Å². The minimum absolute atomic E-state index is 0.0512. The molecule has 0 fully saturated rings. The Morgan fingerprint density at radius 3 is 2.74 bits per heavy atom. The summed E-state index contributed by atoms with van der Waals surface area (Å²) in [5.41, 5.74) is 7.34. The minimum Gasteiger partial charge on any atom is -0.488 e. The quantitative estimate of drug-likeness (QED) is 0.862. The van der Waals surface area contributed by atoms with Crippen molar-refractivity contribution in [2.75, 3.05) is 6.54 Å². The molecular formula is C13H20N2O3S. The molecule has 1 atom stereocenters. The molecule has 0 radical (unpaired) electrons. The van der Waals surface area contributed by atoms with Gasteiger partial charge in [-0.2, -0.15) is 0 Å². The maximum atomic E-state index is 12.2. The fourth-order valence-electron chi connectivity index (χ4n) is 2.25. The first-order valence-electron chi connectivity index (χ1n) is 6.36. The average molecular weight is 284 g/mol. The lowest BCUT2D eigenvalue weighted by molar-refractivity contribution is 0.240. The van der Waals surface area contributed by atoms with E-state index in [4.69, 9.17) is 10.5 Å². The molecule has 0 saturated heterocycles. The first-order valence-corrected chi connectivity index (χ1v) is 7.84. The third-order valence-electron chi connectivity index (χ3n) is 3.02. The molecule has 1 unspecified atom stereocenters.